The van der Waals surface area contributed by atoms with Gasteiger partial charge in [0.05, 0.1) is 19.2 Å². The maximum atomic E-state index is 13.7. The van der Waals surface area contributed by atoms with Crippen LogP contribution in [0.3, 0.4) is 0 Å². The maximum absolute atomic E-state index is 13.7. The molecule has 3 aliphatic heterocycles. The van der Waals surface area contributed by atoms with Crippen molar-refractivity contribution in [3.8, 4) is 5.75 Å². The first kappa shape index (κ1) is 22.1. The highest BCUT2D eigenvalue weighted by Crippen LogP contribution is 2.48. The number of piperidine rings is 1. The van der Waals surface area contributed by atoms with E-state index in [1.54, 1.807) is 7.11 Å². The monoisotopic (exact) mass is 448 g/mol. The fraction of sp³-hybridized carbons (Fsp3) is 0.519. The highest BCUT2D eigenvalue weighted by atomic mass is 16.5. The van der Waals surface area contributed by atoms with E-state index in [9.17, 15) is 4.79 Å². The highest BCUT2D eigenvalue weighted by molar-refractivity contribution is 5.83. The van der Waals surface area contributed by atoms with Crippen molar-refractivity contribution >= 4 is 6.03 Å². The van der Waals surface area contributed by atoms with E-state index in [-0.39, 0.29) is 17.5 Å². The summed E-state index contributed by atoms with van der Waals surface area (Å²) in [6, 6.07) is 8.70. The Balaban J connectivity index is 1.47. The number of hydrogen-bond donors (Lipinski definition) is 0. The van der Waals surface area contributed by atoms with Gasteiger partial charge in [0.25, 0.3) is 0 Å². The van der Waals surface area contributed by atoms with Crippen LogP contribution in [0.15, 0.2) is 42.2 Å². The summed E-state index contributed by atoms with van der Waals surface area (Å²) in [5.74, 6) is 1.12. The molecule has 1 aromatic carbocycles. The van der Waals surface area contributed by atoms with Gasteiger partial charge in [-0.2, -0.15) is 0 Å². The number of rotatable bonds is 4. The van der Waals surface area contributed by atoms with E-state index in [2.05, 4.69) is 83.6 Å². The fourth-order valence-electron chi connectivity index (χ4n) is 6.38. The Hall–Kier alpha value is -2.73. The predicted molar refractivity (Wildman–Crippen MR) is 130 cm³/mol. The van der Waals surface area contributed by atoms with Crippen LogP contribution in [0.25, 0.3) is 0 Å². The number of carbonyl (C=O) groups excluding carboxylic acids is 1. The Bertz CT molecular complexity index is 1090. The highest BCUT2D eigenvalue weighted by Gasteiger charge is 2.54. The molecular weight excluding hydrogens is 412 g/mol. The van der Waals surface area contributed by atoms with Crippen molar-refractivity contribution in [2.75, 3.05) is 26.7 Å². The van der Waals surface area contributed by atoms with Gasteiger partial charge in [0, 0.05) is 56.7 Å². The number of hydrogen-bond acceptors (Lipinski definition) is 3. The van der Waals surface area contributed by atoms with E-state index in [0.29, 0.717) is 6.54 Å². The van der Waals surface area contributed by atoms with Gasteiger partial charge < -0.3 is 14.2 Å². The predicted octanol–water partition coefficient (Wildman–Crippen LogP) is 4.64. The van der Waals surface area contributed by atoms with E-state index in [4.69, 9.17) is 4.74 Å². The Kier molecular flexibility index (Phi) is 5.52. The summed E-state index contributed by atoms with van der Waals surface area (Å²) < 4.78 is 7.75. The number of likely N-dealkylation sites (N-methyl/N-ethyl adjacent to an activating group) is 1. The molecule has 176 valence electrons. The summed E-state index contributed by atoms with van der Waals surface area (Å²) in [7, 11) is 3.82. The standard InChI is InChI=1S/C27H36N4O2/c1-6-31-26(32)30-17-21-16-23(33-5)14-19(2)25(21)20(3)15-24(30)27(31)9-12-29(13-10-27)18-22-8-7-11-28(22)4/h7-8,11,14-16,20H,6,9-10,12-13,17-18H2,1-5H3/t20-/m0/s1. The van der Waals surface area contributed by atoms with Gasteiger partial charge in [-0.3, -0.25) is 9.80 Å². The van der Waals surface area contributed by atoms with Gasteiger partial charge in [-0.1, -0.05) is 13.0 Å². The van der Waals surface area contributed by atoms with Crippen LogP contribution >= 0.6 is 0 Å². The summed E-state index contributed by atoms with van der Waals surface area (Å²) in [6.07, 6.45) is 6.45. The number of benzene rings is 1. The summed E-state index contributed by atoms with van der Waals surface area (Å²) in [4.78, 5) is 20.4. The summed E-state index contributed by atoms with van der Waals surface area (Å²) in [5, 5.41) is 0. The third-order valence-corrected chi connectivity index (χ3v) is 8.06. The van der Waals surface area contributed by atoms with Crippen LogP contribution in [0.4, 0.5) is 4.79 Å². The molecule has 2 fully saturated rings. The second-order valence-electron chi connectivity index (χ2n) is 9.89. The summed E-state index contributed by atoms with van der Waals surface area (Å²) in [6.45, 7) is 10.9. The zero-order chi connectivity index (χ0) is 23.3. The smallest absolute Gasteiger partial charge is 0.325 e. The van der Waals surface area contributed by atoms with Gasteiger partial charge in [0.15, 0.2) is 0 Å². The number of aromatic nitrogens is 1. The molecule has 5 rings (SSSR count). The molecule has 0 N–H and O–H groups in total. The number of ether oxygens (including phenoxy) is 1. The average molecular weight is 449 g/mol. The minimum absolute atomic E-state index is 0.153. The molecule has 0 saturated carbocycles. The van der Waals surface area contributed by atoms with Crippen LogP contribution in [0.1, 0.15) is 55.0 Å². The summed E-state index contributed by atoms with van der Waals surface area (Å²) in [5.41, 5.74) is 6.13. The Morgan fingerprint density at radius 1 is 1.21 bits per heavy atom. The van der Waals surface area contributed by atoms with Crippen LogP contribution in [-0.4, -0.2) is 57.6 Å². The van der Waals surface area contributed by atoms with Crippen molar-refractivity contribution in [2.45, 2.75) is 58.2 Å². The number of amides is 2. The lowest BCUT2D eigenvalue weighted by Crippen LogP contribution is -2.53. The quantitative estimate of drug-likeness (QED) is 0.685. The molecule has 33 heavy (non-hydrogen) atoms. The molecule has 0 radical (unpaired) electrons. The largest absolute Gasteiger partial charge is 0.497 e. The molecule has 4 heterocycles. The molecule has 2 saturated heterocycles. The molecule has 1 aromatic heterocycles. The molecule has 6 heteroatoms. The average Bonchev–Trinajstić information content (AvgIpc) is 3.22. The molecule has 0 aliphatic carbocycles. The minimum atomic E-state index is -0.204. The normalized spacial score (nSPS) is 22.3. The first-order chi connectivity index (χ1) is 15.9. The number of methoxy groups -OCH3 is 1. The SMILES string of the molecule is CCN1C(=O)N2Cc3cc(OC)cc(C)c3[C@@H](C)C=C2C12CCN(Cc1cccn1C)CC2. The maximum Gasteiger partial charge on any atom is 0.325 e. The van der Waals surface area contributed by atoms with Gasteiger partial charge in [-0.25, -0.2) is 4.79 Å². The number of urea groups is 1. The van der Waals surface area contributed by atoms with E-state index < -0.39 is 0 Å². The molecule has 6 nitrogen and oxygen atoms in total. The van der Waals surface area contributed by atoms with E-state index in [1.807, 2.05) is 0 Å². The van der Waals surface area contributed by atoms with E-state index in [1.165, 1.54) is 28.1 Å². The second kappa shape index (κ2) is 8.24. The van der Waals surface area contributed by atoms with E-state index in [0.717, 1.165) is 44.8 Å². The van der Waals surface area contributed by atoms with Gasteiger partial charge in [-0.05, 0) is 67.6 Å². The van der Waals surface area contributed by atoms with Gasteiger partial charge in [0.1, 0.15) is 5.75 Å². The summed E-state index contributed by atoms with van der Waals surface area (Å²) >= 11 is 0. The molecule has 3 aliphatic rings. The fourth-order valence-corrected chi connectivity index (χ4v) is 6.38. The van der Waals surface area contributed by atoms with Gasteiger partial charge in [-0.15, -0.1) is 0 Å². The zero-order valence-corrected chi connectivity index (χ0v) is 20.6. The molecule has 0 unspecified atom stereocenters. The van der Waals surface area contributed by atoms with Crippen molar-refractivity contribution in [2.24, 2.45) is 7.05 Å². The van der Waals surface area contributed by atoms with Crippen LogP contribution in [-0.2, 0) is 20.1 Å². The number of fused-ring (bicyclic) bond motifs is 3. The minimum Gasteiger partial charge on any atom is -0.497 e. The molecule has 1 spiro atoms. The first-order valence-electron chi connectivity index (χ1n) is 12.2. The van der Waals surface area contributed by atoms with Crippen molar-refractivity contribution in [1.29, 1.82) is 0 Å². The first-order valence-corrected chi connectivity index (χ1v) is 12.2. The zero-order valence-electron chi connectivity index (χ0n) is 20.6. The number of allylic oxidation sites excluding steroid dienone is 1. The van der Waals surface area contributed by atoms with Crippen LogP contribution < -0.4 is 4.74 Å². The lowest BCUT2D eigenvalue weighted by Gasteiger charge is -2.44. The topological polar surface area (TPSA) is 41.0 Å². The van der Waals surface area contributed by atoms with Crippen molar-refractivity contribution in [1.82, 2.24) is 19.3 Å². The molecule has 2 aromatic rings. The third-order valence-electron chi connectivity index (χ3n) is 8.06. The number of carbonyl (C=O) groups is 1. The van der Waals surface area contributed by atoms with Gasteiger partial charge >= 0.3 is 6.03 Å². The van der Waals surface area contributed by atoms with Crippen molar-refractivity contribution in [3.05, 3.63) is 64.6 Å². The van der Waals surface area contributed by atoms with Crippen LogP contribution in [0.5, 0.6) is 5.75 Å². The Morgan fingerprint density at radius 3 is 2.61 bits per heavy atom. The second-order valence-corrected chi connectivity index (χ2v) is 9.89. The Morgan fingerprint density at radius 2 is 1.97 bits per heavy atom. The third kappa shape index (κ3) is 3.46. The number of likely N-dealkylation sites (tertiary alicyclic amines) is 1. The molecule has 2 amide bonds. The van der Waals surface area contributed by atoms with Gasteiger partial charge in [0.2, 0.25) is 0 Å². The van der Waals surface area contributed by atoms with Crippen LogP contribution in [0.2, 0.25) is 0 Å². The number of aryl methyl sites for hydroxylation is 2. The lowest BCUT2D eigenvalue weighted by molar-refractivity contribution is 0.0878. The number of nitrogens with zero attached hydrogens (tertiary/aromatic N) is 4. The molecule has 1 atom stereocenters. The van der Waals surface area contributed by atoms with E-state index >= 15 is 0 Å². The van der Waals surface area contributed by atoms with Crippen LogP contribution in [0, 0.1) is 6.92 Å². The molecular formula is C27H36N4O2. The Labute approximate surface area is 197 Å². The molecule has 0 bridgehead atoms. The lowest BCUT2D eigenvalue weighted by atomic mass is 9.81. The van der Waals surface area contributed by atoms with Crippen molar-refractivity contribution in [3.63, 3.8) is 0 Å². The van der Waals surface area contributed by atoms with Crippen molar-refractivity contribution < 1.29 is 9.53 Å².